The molecule has 0 aromatic heterocycles. The first-order valence-electron chi connectivity index (χ1n) is 4.93. The second kappa shape index (κ2) is 12.7. The molecule has 0 heterocycles. The van der Waals surface area contributed by atoms with Crippen molar-refractivity contribution in [1.29, 1.82) is 0 Å². The molecule has 0 amide bonds. The summed E-state index contributed by atoms with van der Waals surface area (Å²) >= 11 is 0. The molecule has 3 atom stereocenters. The Balaban J connectivity index is -0.000000252. The van der Waals surface area contributed by atoms with Crippen LogP contribution in [0.3, 0.4) is 0 Å². The molecule has 0 rings (SSSR count). The van der Waals surface area contributed by atoms with Crippen LogP contribution in [-0.2, 0) is 19.2 Å². The third kappa shape index (κ3) is 17.7. The van der Waals surface area contributed by atoms with Gasteiger partial charge < -0.3 is 40.9 Å². The molecule has 0 radical (unpaired) electrons. The van der Waals surface area contributed by atoms with E-state index in [-0.39, 0.29) is 0 Å². The smallest absolute Gasteiger partial charge is 0.335 e. The Kier molecular flexibility index (Phi) is 14.4. The molecule has 0 saturated carbocycles. The van der Waals surface area contributed by atoms with Crippen molar-refractivity contribution in [3.05, 3.63) is 0 Å². The second-order valence-corrected chi connectivity index (χ2v) is 3.13. The molecule has 12 nitrogen and oxygen atoms in total. The highest BCUT2D eigenvalue weighted by Gasteiger charge is 2.29. The molecule has 0 aliphatic rings. The molecular formula is C9H16O12. The van der Waals surface area contributed by atoms with Crippen molar-refractivity contribution in [1.82, 2.24) is 0 Å². The van der Waals surface area contributed by atoms with Crippen molar-refractivity contribution in [2.45, 2.75) is 25.2 Å². The van der Waals surface area contributed by atoms with E-state index in [2.05, 4.69) is 0 Å². The van der Waals surface area contributed by atoms with Gasteiger partial charge in [-0.3, -0.25) is 0 Å². The van der Waals surface area contributed by atoms with Crippen LogP contribution < -0.4 is 0 Å². The van der Waals surface area contributed by atoms with Crippen LogP contribution in [0.1, 0.15) is 6.92 Å². The lowest BCUT2D eigenvalue weighted by molar-refractivity contribution is -0.165. The van der Waals surface area contributed by atoms with Gasteiger partial charge in [-0.1, -0.05) is 0 Å². The molecule has 8 N–H and O–H groups in total. The van der Waals surface area contributed by atoms with Gasteiger partial charge in [0.05, 0.1) is 0 Å². The van der Waals surface area contributed by atoms with Gasteiger partial charge in [0.2, 0.25) is 0 Å². The van der Waals surface area contributed by atoms with Gasteiger partial charge in [-0.25, -0.2) is 19.2 Å². The molecule has 0 saturated heterocycles. The van der Waals surface area contributed by atoms with Crippen LogP contribution in [0.25, 0.3) is 0 Å². The highest BCUT2D eigenvalue weighted by Crippen LogP contribution is 1.92. The highest BCUT2D eigenvalue weighted by molar-refractivity contribution is 5.83. The molecule has 124 valence electrons. The van der Waals surface area contributed by atoms with E-state index in [0.717, 1.165) is 0 Å². The van der Waals surface area contributed by atoms with Gasteiger partial charge in [-0.2, -0.15) is 0 Å². The molecule has 21 heavy (non-hydrogen) atoms. The van der Waals surface area contributed by atoms with Crippen molar-refractivity contribution in [3.63, 3.8) is 0 Å². The molecule has 0 aliphatic heterocycles. The average molecular weight is 316 g/mol. The summed E-state index contributed by atoms with van der Waals surface area (Å²) in [6.45, 7) is 0.419. The minimum absolute atomic E-state index is 0.778. The zero-order valence-corrected chi connectivity index (χ0v) is 10.6. The molecule has 0 spiro atoms. The van der Waals surface area contributed by atoms with Crippen LogP contribution in [0.5, 0.6) is 0 Å². The van der Waals surface area contributed by atoms with E-state index in [1.807, 2.05) is 0 Å². The molecule has 0 aromatic carbocycles. The summed E-state index contributed by atoms with van der Waals surface area (Å²) < 4.78 is 0. The number of hydrogen-bond donors (Lipinski definition) is 8. The predicted molar refractivity (Wildman–Crippen MR) is 61.3 cm³/mol. The SMILES string of the molecule is CC(O)C(=O)O.O=C(O)C(O)C(O)C(=O)O.O=C(O)CO. The van der Waals surface area contributed by atoms with Crippen molar-refractivity contribution < 1.29 is 60.0 Å². The Hall–Kier alpha value is -2.28. The third-order valence-corrected chi connectivity index (χ3v) is 1.30. The predicted octanol–water partition coefficient (Wildman–Crippen LogP) is -3.61. The van der Waals surface area contributed by atoms with Crippen LogP contribution >= 0.6 is 0 Å². The quantitative estimate of drug-likeness (QED) is 0.246. The summed E-state index contributed by atoms with van der Waals surface area (Å²) in [5, 5.41) is 63.3. The van der Waals surface area contributed by atoms with E-state index in [1.165, 1.54) is 6.92 Å². The summed E-state index contributed by atoms with van der Waals surface area (Å²) in [4.78, 5) is 38.1. The van der Waals surface area contributed by atoms with Crippen molar-refractivity contribution >= 4 is 23.9 Å². The maximum Gasteiger partial charge on any atom is 0.335 e. The van der Waals surface area contributed by atoms with E-state index in [4.69, 9.17) is 45.6 Å². The number of carbonyl (C=O) groups is 4. The fourth-order valence-corrected chi connectivity index (χ4v) is 0.270. The van der Waals surface area contributed by atoms with Crippen molar-refractivity contribution in [3.8, 4) is 0 Å². The van der Waals surface area contributed by atoms with Gasteiger partial charge in [-0.05, 0) is 6.92 Å². The Morgan fingerprint density at radius 1 is 0.762 bits per heavy atom. The summed E-state index contributed by atoms with van der Waals surface area (Å²) in [6, 6.07) is 0. The van der Waals surface area contributed by atoms with Crippen molar-refractivity contribution in [2.75, 3.05) is 6.61 Å². The average Bonchev–Trinajstić information content (AvgIpc) is 2.37. The van der Waals surface area contributed by atoms with Gasteiger partial charge in [0.15, 0.2) is 12.2 Å². The van der Waals surface area contributed by atoms with Gasteiger partial charge in [0.1, 0.15) is 12.7 Å². The molecular weight excluding hydrogens is 300 g/mol. The Morgan fingerprint density at radius 3 is 1.00 bits per heavy atom. The summed E-state index contributed by atoms with van der Waals surface area (Å²) in [7, 11) is 0. The van der Waals surface area contributed by atoms with Gasteiger partial charge in [-0.15, -0.1) is 0 Å². The van der Waals surface area contributed by atoms with Crippen LogP contribution in [-0.4, -0.2) is 89.6 Å². The number of aliphatic hydroxyl groups is 4. The first-order chi connectivity index (χ1) is 9.38. The van der Waals surface area contributed by atoms with Gasteiger partial charge >= 0.3 is 23.9 Å². The van der Waals surface area contributed by atoms with Crippen molar-refractivity contribution in [2.24, 2.45) is 0 Å². The Morgan fingerprint density at radius 2 is 0.952 bits per heavy atom. The lowest BCUT2D eigenvalue weighted by atomic mass is 10.2. The standard InChI is InChI=1S/C4H6O6.C3H6O3.C2H4O3/c5-1(3(7)8)2(6)4(9)10;1-2(4)3(5)6;3-1-2(4)5/h1-2,5-6H,(H,7,8)(H,9,10);2,4H,1H3,(H,5,6);3H,1H2,(H,4,5). The van der Waals surface area contributed by atoms with E-state index in [9.17, 15) is 14.4 Å². The highest BCUT2D eigenvalue weighted by atomic mass is 16.4. The molecule has 12 heteroatoms. The lowest BCUT2D eigenvalue weighted by Crippen LogP contribution is -2.39. The third-order valence-electron chi connectivity index (χ3n) is 1.30. The zero-order chi connectivity index (χ0) is 17.7. The van der Waals surface area contributed by atoms with E-state index in [1.54, 1.807) is 0 Å². The normalized spacial score (nSPS) is 13.2. The van der Waals surface area contributed by atoms with Crippen LogP contribution in [0.2, 0.25) is 0 Å². The molecule has 0 aliphatic carbocycles. The Labute approximate surface area is 117 Å². The minimum atomic E-state index is -2.27. The maximum absolute atomic E-state index is 9.77. The number of aliphatic carboxylic acids is 4. The monoisotopic (exact) mass is 316 g/mol. The number of carboxylic acid groups (broad SMARTS) is 4. The summed E-state index contributed by atoms with van der Waals surface area (Å²) in [5.74, 6) is -5.91. The number of aliphatic hydroxyl groups excluding tert-OH is 4. The largest absolute Gasteiger partial charge is 0.480 e. The maximum atomic E-state index is 9.77. The van der Waals surface area contributed by atoms with E-state index >= 15 is 0 Å². The lowest BCUT2D eigenvalue weighted by Gasteiger charge is -2.07. The first kappa shape index (κ1) is 23.8. The number of carboxylic acids is 4. The van der Waals surface area contributed by atoms with Gasteiger partial charge in [0.25, 0.3) is 0 Å². The topological polar surface area (TPSA) is 230 Å². The van der Waals surface area contributed by atoms with E-state index in [0.29, 0.717) is 0 Å². The second-order valence-electron chi connectivity index (χ2n) is 3.13. The Bertz CT molecular complexity index is 331. The van der Waals surface area contributed by atoms with E-state index < -0.39 is 48.8 Å². The zero-order valence-electron chi connectivity index (χ0n) is 10.6. The van der Waals surface area contributed by atoms with Crippen LogP contribution in [0, 0.1) is 0 Å². The van der Waals surface area contributed by atoms with Gasteiger partial charge in [0, 0.05) is 0 Å². The minimum Gasteiger partial charge on any atom is -0.480 e. The fourth-order valence-electron chi connectivity index (χ4n) is 0.270. The molecule has 0 fully saturated rings. The van der Waals surface area contributed by atoms with Crippen LogP contribution in [0.15, 0.2) is 0 Å². The molecule has 0 bridgehead atoms. The number of hydrogen-bond acceptors (Lipinski definition) is 8. The molecule has 0 aromatic rings. The first-order valence-corrected chi connectivity index (χ1v) is 4.93. The summed E-state index contributed by atoms with van der Waals surface area (Å²) in [5.41, 5.74) is 0. The van der Waals surface area contributed by atoms with Crippen LogP contribution in [0.4, 0.5) is 0 Å². The fraction of sp³-hybridized carbons (Fsp3) is 0.556. The molecule has 3 unspecified atom stereocenters. The summed E-state index contributed by atoms with van der Waals surface area (Å²) in [6.07, 6.45) is -5.76. The number of rotatable bonds is 5.